The first kappa shape index (κ1) is 20.8. The Kier molecular flexibility index (Phi) is 6.74. The van der Waals surface area contributed by atoms with E-state index in [1.807, 2.05) is 47.0 Å². The number of nitrogens with zero attached hydrogens (tertiary/aromatic N) is 4. The van der Waals surface area contributed by atoms with Crippen molar-refractivity contribution in [2.45, 2.75) is 25.0 Å². The van der Waals surface area contributed by atoms with Gasteiger partial charge in [-0.15, -0.1) is 10.2 Å². The molecule has 0 atom stereocenters. The number of amides is 1. The van der Waals surface area contributed by atoms with Crippen LogP contribution < -0.4 is 5.32 Å². The van der Waals surface area contributed by atoms with Crippen molar-refractivity contribution in [1.29, 1.82) is 0 Å². The number of benzene rings is 2. The number of aromatic nitrogens is 4. The smallest absolute Gasteiger partial charge is 0.230 e. The summed E-state index contributed by atoms with van der Waals surface area (Å²) in [7, 11) is 0. The highest BCUT2D eigenvalue weighted by molar-refractivity contribution is 7.99. The lowest BCUT2D eigenvalue weighted by molar-refractivity contribution is -0.118. The van der Waals surface area contributed by atoms with Crippen LogP contribution in [0.4, 0.5) is 0 Å². The first-order valence-corrected chi connectivity index (χ1v) is 11.1. The van der Waals surface area contributed by atoms with E-state index in [2.05, 4.69) is 51.7 Å². The molecule has 0 radical (unpaired) electrons. The number of aryl methyl sites for hydroxylation is 1. The van der Waals surface area contributed by atoms with Crippen LogP contribution in [0.2, 0.25) is 0 Å². The molecule has 156 valence electrons. The molecule has 0 aliphatic heterocycles. The molecule has 0 aliphatic rings. The number of pyridine rings is 1. The maximum absolute atomic E-state index is 12.4. The van der Waals surface area contributed by atoms with Crippen LogP contribution in [-0.4, -0.2) is 31.4 Å². The summed E-state index contributed by atoms with van der Waals surface area (Å²) >= 11 is 1.37. The molecule has 0 spiro atoms. The predicted octanol–water partition coefficient (Wildman–Crippen LogP) is 4.30. The van der Waals surface area contributed by atoms with Crippen molar-refractivity contribution < 1.29 is 4.79 Å². The molecule has 6 nitrogen and oxygen atoms in total. The lowest BCUT2D eigenvalue weighted by atomic mass is 10.1. The van der Waals surface area contributed by atoms with E-state index in [0.717, 1.165) is 23.2 Å². The van der Waals surface area contributed by atoms with Crippen LogP contribution in [0.25, 0.3) is 17.1 Å². The fourth-order valence-electron chi connectivity index (χ4n) is 3.14. The van der Waals surface area contributed by atoms with Gasteiger partial charge in [0.25, 0.3) is 0 Å². The Morgan fingerprint density at radius 2 is 1.77 bits per heavy atom. The van der Waals surface area contributed by atoms with Gasteiger partial charge < -0.3 is 5.32 Å². The van der Waals surface area contributed by atoms with Crippen molar-refractivity contribution in [2.75, 3.05) is 5.75 Å². The number of thioether (sulfide) groups is 1. The summed E-state index contributed by atoms with van der Waals surface area (Å²) in [5, 5.41) is 12.4. The van der Waals surface area contributed by atoms with E-state index in [-0.39, 0.29) is 11.7 Å². The molecule has 1 N–H and O–H groups in total. The molecule has 1 amide bonds. The number of hydrogen-bond donors (Lipinski definition) is 1. The van der Waals surface area contributed by atoms with Gasteiger partial charge in [0.15, 0.2) is 11.0 Å². The van der Waals surface area contributed by atoms with Crippen molar-refractivity contribution in [3.8, 4) is 17.1 Å². The maximum atomic E-state index is 12.4. The van der Waals surface area contributed by atoms with Gasteiger partial charge in [-0.25, -0.2) is 0 Å². The summed E-state index contributed by atoms with van der Waals surface area (Å²) in [5.41, 5.74) is 4.15. The molecular formula is C24H23N5OS. The van der Waals surface area contributed by atoms with Crippen LogP contribution in [0.1, 0.15) is 18.1 Å². The van der Waals surface area contributed by atoms with Crippen molar-refractivity contribution in [1.82, 2.24) is 25.1 Å². The van der Waals surface area contributed by atoms with Gasteiger partial charge >= 0.3 is 0 Å². The summed E-state index contributed by atoms with van der Waals surface area (Å²) in [4.78, 5) is 16.6. The van der Waals surface area contributed by atoms with Crippen LogP contribution in [-0.2, 0) is 17.8 Å². The molecule has 2 aromatic carbocycles. The topological polar surface area (TPSA) is 72.7 Å². The largest absolute Gasteiger partial charge is 0.351 e. The van der Waals surface area contributed by atoms with Gasteiger partial charge in [0.05, 0.1) is 5.75 Å². The van der Waals surface area contributed by atoms with E-state index in [4.69, 9.17) is 0 Å². The predicted molar refractivity (Wildman–Crippen MR) is 123 cm³/mol. The molecule has 0 fully saturated rings. The minimum Gasteiger partial charge on any atom is -0.351 e. The lowest BCUT2D eigenvalue weighted by Crippen LogP contribution is -2.24. The second kappa shape index (κ2) is 10.0. The fourth-order valence-corrected chi connectivity index (χ4v) is 3.92. The third-order valence-electron chi connectivity index (χ3n) is 4.82. The number of carbonyl (C=O) groups is 1. The standard InChI is InChI=1S/C24H23N5OS/c1-2-18-10-12-21(13-11-18)29-23(20-9-6-14-25-16-20)27-28-24(29)31-17-22(30)26-15-19-7-4-3-5-8-19/h3-14,16H,2,15,17H2,1H3,(H,26,30). The van der Waals surface area contributed by atoms with E-state index in [1.54, 1.807) is 12.4 Å². The third kappa shape index (κ3) is 5.19. The van der Waals surface area contributed by atoms with Gasteiger partial charge in [-0.1, -0.05) is 61.2 Å². The Morgan fingerprint density at radius 1 is 0.968 bits per heavy atom. The number of carbonyl (C=O) groups excluding carboxylic acids is 1. The zero-order chi connectivity index (χ0) is 21.5. The van der Waals surface area contributed by atoms with E-state index in [1.165, 1.54) is 17.3 Å². The second-order valence-electron chi connectivity index (χ2n) is 6.95. The van der Waals surface area contributed by atoms with Crippen LogP contribution in [0.5, 0.6) is 0 Å². The highest BCUT2D eigenvalue weighted by Gasteiger charge is 2.17. The van der Waals surface area contributed by atoms with Crippen molar-refractivity contribution >= 4 is 17.7 Å². The Morgan fingerprint density at radius 3 is 2.48 bits per heavy atom. The molecule has 31 heavy (non-hydrogen) atoms. The highest BCUT2D eigenvalue weighted by Crippen LogP contribution is 2.27. The zero-order valence-electron chi connectivity index (χ0n) is 17.2. The third-order valence-corrected chi connectivity index (χ3v) is 5.75. The first-order valence-electron chi connectivity index (χ1n) is 10.1. The van der Waals surface area contributed by atoms with E-state index < -0.39 is 0 Å². The Labute approximate surface area is 185 Å². The van der Waals surface area contributed by atoms with Gasteiger partial charge in [-0.3, -0.25) is 14.3 Å². The van der Waals surface area contributed by atoms with Crippen LogP contribution in [0.3, 0.4) is 0 Å². The number of rotatable bonds is 8. The van der Waals surface area contributed by atoms with Crippen molar-refractivity contribution in [2.24, 2.45) is 0 Å². The quantitative estimate of drug-likeness (QED) is 0.423. The highest BCUT2D eigenvalue weighted by atomic mass is 32.2. The van der Waals surface area contributed by atoms with Gasteiger partial charge in [0, 0.05) is 30.2 Å². The maximum Gasteiger partial charge on any atom is 0.230 e. The minimum absolute atomic E-state index is 0.0485. The van der Waals surface area contributed by atoms with Crippen molar-refractivity contribution in [3.63, 3.8) is 0 Å². The Hall–Kier alpha value is -3.45. The molecule has 0 saturated heterocycles. The number of hydrogen-bond acceptors (Lipinski definition) is 5. The molecule has 2 aromatic heterocycles. The van der Waals surface area contributed by atoms with E-state index in [0.29, 0.717) is 17.5 Å². The van der Waals surface area contributed by atoms with Crippen LogP contribution in [0.15, 0.2) is 84.3 Å². The fraction of sp³-hybridized carbons (Fsp3) is 0.167. The average molecular weight is 430 g/mol. The van der Waals surface area contributed by atoms with Crippen LogP contribution >= 0.6 is 11.8 Å². The van der Waals surface area contributed by atoms with Gasteiger partial charge in [0.2, 0.25) is 5.91 Å². The van der Waals surface area contributed by atoms with Crippen LogP contribution in [0, 0.1) is 0 Å². The van der Waals surface area contributed by atoms with E-state index >= 15 is 0 Å². The molecular weight excluding hydrogens is 406 g/mol. The van der Waals surface area contributed by atoms with Gasteiger partial charge in [-0.05, 0) is 41.8 Å². The van der Waals surface area contributed by atoms with E-state index in [9.17, 15) is 4.79 Å². The molecule has 7 heteroatoms. The molecule has 4 aromatic rings. The summed E-state index contributed by atoms with van der Waals surface area (Å²) in [6, 6.07) is 22.0. The monoisotopic (exact) mass is 429 g/mol. The average Bonchev–Trinajstić information content (AvgIpc) is 3.26. The summed E-state index contributed by atoms with van der Waals surface area (Å²) in [6.07, 6.45) is 4.47. The molecule has 0 saturated carbocycles. The lowest BCUT2D eigenvalue weighted by Gasteiger charge is -2.11. The Bertz CT molecular complexity index is 1130. The molecule has 0 aliphatic carbocycles. The SMILES string of the molecule is CCc1ccc(-n2c(SCC(=O)NCc3ccccc3)nnc2-c2cccnc2)cc1. The zero-order valence-corrected chi connectivity index (χ0v) is 18.0. The molecule has 0 unspecified atom stereocenters. The van der Waals surface area contributed by atoms with Gasteiger partial charge in [0.1, 0.15) is 0 Å². The first-order chi connectivity index (χ1) is 15.2. The number of nitrogens with one attached hydrogen (secondary N) is 1. The summed E-state index contributed by atoms with van der Waals surface area (Å²) in [5.74, 6) is 0.905. The second-order valence-corrected chi connectivity index (χ2v) is 7.90. The normalized spacial score (nSPS) is 10.7. The summed E-state index contributed by atoms with van der Waals surface area (Å²) in [6.45, 7) is 2.64. The molecule has 0 bridgehead atoms. The van der Waals surface area contributed by atoms with Crippen molar-refractivity contribution in [3.05, 3.63) is 90.3 Å². The summed E-state index contributed by atoms with van der Waals surface area (Å²) < 4.78 is 1.98. The molecule has 4 rings (SSSR count). The minimum atomic E-state index is -0.0485. The Balaban J connectivity index is 1.54. The van der Waals surface area contributed by atoms with Gasteiger partial charge in [-0.2, -0.15) is 0 Å². The molecule has 2 heterocycles.